The summed E-state index contributed by atoms with van der Waals surface area (Å²) in [6.45, 7) is 3.61. The van der Waals surface area contributed by atoms with E-state index in [4.69, 9.17) is 0 Å². The van der Waals surface area contributed by atoms with Crippen LogP contribution in [0.5, 0.6) is 5.75 Å². The minimum Gasteiger partial charge on any atom is -0.429 e. The van der Waals surface area contributed by atoms with Gasteiger partial charge < -0.3 is 4.74 Å². The molecule has 3 aromatic carbocycles. The van der Waals surface area contributed by atoms with Gasteiger partial charge in [0.1, 0.15) is 17.1 Å². The van der Waals surface area contributed by atoms with Crippen molar-refractivity contribution in [1.82, 2.24) is 0 Å². The number of ether oxygens (including phenoxy) is 1. The van der Waals surface area contributed by atoms with E-state index in [0.29, 0.717) is 18.6 Å². The summed E-state index contributed by atoms with van der Waals surface area (Å²) in [6.07, 6.45) is -6.41. The molecule has 0 unspecified atom stereocenters. The van der Waals surface area contributed by atoms with Crippen LogP contribution in [0, 0.1) is 17.5 Å². The SMILES string of the molecule is C=CCCc1ccc(-c2ccc(C(F)(F)Oc3ccc(C(F)(F)F)c(F)c3)c(F)c2F)cc1. The van der Waals surface area contributed by atoms with Crippen molar-refractivity contribution in [2.75, 3.05) is 0 Å². The zero-order valence-corrected chi connectivity index (χ0v) is 16.8. The van der Waals surface area contributed by atoms with E-state index in [-0.39, 0.29) is 23.3 Å². The zero-order chi connectivity index (χ0) is 24.4. The molecule has 0 amide bonds. The standard InChI is InChI=1S/C24H16F8O/c1-2-3-4-14-5-7-15(8-6-14)17-10-12-19(22(27)21(17)26)24(31,32)33-16-9-11-18(20(25)13-16)23(28,29)30/h2,5-13H,1,3-4H2. The Bertz CT molecular complexity index is 1150. The maximum absolute atomic E-state index is 14.6. The highest BCUT2D eigenvalue weighted by molar-refractivity contribution is 5.65. The van der Waals surface area contributed by atoms with Gasteiger partial charge in [-0.15, -0.1) is 6.58 Å². The average molecular weight is 472 g/mol. The molecule has 0 aromatic heterocycles. The van der Waals surface area contributed by atoms with Gasteiger partial charge in [0.15, 0.2) is 11.6 Å². The lowest BCUT2D eigenvalue weighted by Gasteiger charge is -2.20. The predicted molar refractivity (Wildman–Crippen MR) is 106 cm³/mol. The molecule has 1 nitrogen and oxygen atoms in total. The van der Waals surface area contributed by atoms with Crippen molar-refractivity contribution in [2.45, 2.75) is 25.1 Å². The molecule has 0 aliphatic carbocycles. The monoisotopic (exact) mass is 472 g/mol. The average Bonchev–Trinajstić information content (AvgIpc) is 2.73. The number of benzene rings is 3. The molecule has 0 saturated heterocycles. The first-order valence-electron chi connectivity index (χ1n) is 9.56. The predicted octanol–water partition coefficient (Wildman–Crippen LogP) is 8.04. The molecule has 0 N–H and O–H groups in total. The van der Waals surface area contributed by atoms with Gasteiger partial charge in [-0.3, -0.25) is 0 Å². The molecule has 3 aromatic rings. The molecule has 0 aliphatic heterocycles. The van der Waals surface area contributed by atoms with E-state index in [1.807, 2.05) is 0 Å². The van der Waals surface area contributed by atoms with Crippen LogP contribution < -0.4 is 4.74 Å². The molecule has 0 heterocycles. The van der Waals surface area contributed by atoms with Gasteiger partial charge in [-0.1, -0.05) is 36.4 Å². The third-order valence-corrected chi connectivity index (χ3v) is 4.79. The van der Waals surface area contributed by atoms with E-state index in [9.17, 15) is 35.1 Å². The lowest BCUT2D eigenvalue weighted by molar-refractivity contribution is -0.187. The van der Waals surface area contributed by atoms with E-state index in [1.54, 1.807) is 18.2 Å². The number of hydrogen-bond acceptors (Lipinski definition) is 1. The Morgan fingerprint density at radius 3 is 2.00 bits per heavy atom. The smallest absolute Gasteiger partial charge is 0.429 e. The van der Waals surface area contributed by atoms with Crippen molar-refractivity contribution >= 4 is 0 Å². The Labute approximate surface area is 183 Å². The molecule has 33 heavy (non-hydrogen) atoms. The summed E-state index contributed by atoms with van der Waals surface area (Å²) in [5.41, 5.74) is -2.29. The molecular weight excluding hydrogens is 456 g/mol. The highest BCUT2D eigenvalue weighted by Crippen LogP contribution is 2.38. The fraction of sp³-hybridized carbons (Fsp3) is 0.167. The first kappa shape index (κ1) is 24.3. The van der Waals surface area contributed by atoms with Gasteiger partial charge in [-0.25, -0.2) is 13.2 Å². The second-order valence-electron chi connectivity index (χ2n) is 7.07. The summed E-state index contributed by atoms with van der Waals surface area (Å²) in [4.78, 5) is 0. The Balaban J connectivity index is 1.88. The molecule has 0 radical (unpaired) electrons. The van der Waals surface area contributed by atoms with Gasteiger partial charge in [0.25, 0.3) is 0 Å². The molecule has 0 atom stereocenters. The van der Waals surface area contributed by atoms with E-state index < -0.39 is 46.6 Å². The summed E-state index contributed by atoms with van der Waals surface area (Å²) < 4.78 is 114. The summed E-state index contributed by atoms with van der Waals surface area (Å²) in [6, 6.07) is 8.66. The molecule has 174 valence electrons. The van der Waals surface area contributed by atoms with Gasteiger partial charge >= 0.3 is 12.3 Å². The molecule has 0 fully saturated rings. The Kier molecular flexibility index (Phi) is 6.81. The van der Waals surface area contributed by atoms with E-state index in [0.717, 1.165) is 18.1 Å². The lowest BCUT2D eigenvalue weighted by Crippen LogP contribution is -2.24. The third kappa shape index (κ3) is 5.35. The second-order valence-corrected chi connectivity index (χ2v) is 7.07. The molecule has 0 spiro atoms. The topological polar surface area (TPSA) is 9.23 Å². The number of hydrogen-bond donors (Lipinski definition) is 0. The largest absolute Gasteiger partial charge is 0.429 e. The second kappa shape index (κ2) is 9.25. The van der Waals surface area contributed by atoms with Crippen molar-refractivity contribution in [2.24, 2.45) is 0 Å². The highest BCUT2D eigenvalue weighted by Gasteiger charge is 2.40. The van der Waals surface area contributed by atoms with Crippen LogP contribution in [0.25, 0.3) is 11.1 Å². The first-order valence-corrected chi connectivity index (χ1v) is 9.56. The van der Waals surface area contributed by atoms with Crippen molar-refractivity contribution in [3.8, 4) is 16.9 Å². The number of rotatable bonds is 7. The maximum Gasteiger partial charge on any atom is 0.429 e. The molecule has 9 heteroatoms. The van der Waals surface area contributed by atoms with E-state index >= 15 is 0 Å². The quantitative estimate of drug-likeness (QED) is 0.250. The van der Waals surface area contributed by atoms with Gasteiger partial charge in [0.05, 0.1) is 5.56 Å². The summed E-state index contributed by atoms with van der Waals surface area (Å²) in [7, 11) is 0. The minimum absolute atomic E-state index is 0.0906. The van der Waals surface area contributed by atoms with Crippen LogP contribution in [0.1, 0.15) is 23.1 Å². The Morgan fingerprint density at radius 1 is 0.788 bits per heavy atom. The van der Waals surface area contributed by atoms with Crippen LogP contribution in [-0.2, 0) is 18.7 Å². The van der Waals surface area contributed by atoms with E-state index in [2.05, 4.69) is 11.3 Å². The summed E-state index contributed by atoms with van der Waals surface area (Å²) in [5.74, 6) is -6.31. The Hall–Kier alpha value is -3.36. The van der Waals surface area contributed by atoms with Crippen LogP contribution >= 0.6 is 0 Å². The number of halogens is 8. The number of alkyl halides is 5. The van der Waals surface area contributed by atoms with Gasteiger partial charge in [-0.05, 0) is 42.2 Å². The highest BCUT2D eigenvalue weighted by atomic mass is 19.4. The first-order chi connectivity index (χ1) is 15.4. The molecule has 0 aliphatic rings. The van der Waals surface area contributed by atoms with Crippen molar-refractivity contribution in [3.05, 3.63) is 101 Å². The van der Waals surface area contributed by atoms with Crippen molar-refractivity contribution < 1.29 is 39.9 Å². The van der Waals surface area contributed by atoms with Gasteiger partial charge in [0, 0.05) is 11.6 Å². The molecule has 3 rings (SSSR count). The fourth-order valence-electron chi connectivity index (χ4n) is 3.11. The lowest BCUT2D eigenvalue weighted by atomic mass is 9.99. The molecule has 0 bridgehead atoms. The van der Waals surface area contributed by atoms with Gasteiger partial charge in [-0.2, -0.15) is 22.0 Å². The normalized spacial score (nSPS) is 12.0. The fourth-order valence-corrected chi connectivity index (χ4v) is 3.11. The summed E-state index contributed by atoms with van der Waals surface area (Å²) >= 11 is 0. The molecular formula is C24H16F8O. The molecule has 0 saturated carbocycles. The van der Waals surface area contributed by atoms with E-state index in [1.165, 1.54) is 12.1 Å². The van der Waals surface area contributed by atoms with Crippen LogP contribution in [-0.4, -0.2) is 0 Å². The number of allylic oxidation sites excluding steroid dienone is 1. The van der Waals surface area contributed by atoms with Gasteiger partial charge in [0.2, 0.25) is 0 Å². The van der Waals surface area contributed by atoms with Crippen LogP contribution in [0.2, 0.25) is 0 Å². The van der Waals surface area contributed by atoms with Crippen molar-refractivity contribution in [3.63, 3.8) is 0 Å². The van der Waals surface area contributed by atoms with Crippen LogP contribution in [0.4, 0.5) is 35.1 Å². The minimum atomic E-state index is -5.04. The zero-order valence-electron chi connectivity index (χ0n) is 16.8. The number of aryl methyl sites for hydroxylation is 1. The van der Waals surface area contributed by atoms with Crippen LogP contribution in [0.15, 0.2) is 67.3 Å². The maximum atomic E-state index is 14.6. The third-order valence-electron chi connectivity index (χ3n) is 4.79. The van der Waals surface area contributed by atoms with Crippen molar-refractivity contribution in [1.29, 1.82) is 0 Å². The van der Waals surface area contributed by atoms with Crippen LogP contribution in [0.3, 0.4) is 0 Å². The Morgan fingerprint density at radius 2 is 1.42 bits per heavy atom. The summed E-state index contributed by atoms with van der Waals surface area (Å²) in [5, 5.41) is 0.